The Balaban J connectivity index is 1.77. The van der Waals surface area contributed by atoms with E-state index in [9.17, 15) is 5.26 Å². The number of thiocarbonyl (C=S) groups is 1. The lowest BCUT2D eigenvalue weighted by Crippen LogP contribution is -2.38. The van der Waals surface area contributed by atoms with Crippen LogP contribution in [0.4, 0.5) is 0 Å². The minimum absolute atomic E-state index is 0.0530. The summed E-state index contributed by atoms with van der Waals surface area (Å²) in [5.41, 5.74) is 2.40. The molecule has 2 aromatic carbocycles. The molecule has 0 N–H and O–H groups in total. The molecule has 1 aliphatic rings. The van der Waals surface area contributed by atoms with Crippen LogP contribution in [-0.4, -0.2) is 15.8 Å². The molecule has 0 radical (unpaired) electrons. The summed E-state index contributed by atoms with van der Waals surface area (Å²) in [5, 5.41) is 9.69. The van der Waals surface area contributed by atoms with E-state index in [-0.39, 0.29) is 11.2 Å². The fourth-order valence-electron chi connectivity index (χ4n) is 2.66. The lowest BCUT2D eigenvalue weighted by Gasteiger charge is -2.36. The van der Waals surface area contributed by atoms with Gasteiger partial charge in [0.15, 0.2) is 0 Å². The Hall–Kier alpha value is -1.83. The smallest absolute Gasteiger partial charge is 0.137 e. The Labute approximate surface area is 140 Å². The maximum absolute atomic E-state index is 9.56. The Morgan fingerprint density at radius 3 is 2.36 bits per heavy atom. The second-order valence-corrected chi connectivity index (χ2v) is 7.09. The minimum Gasteiger partial charge on any atom is -0.352 e. The second-order valence-electron chi connectivity index (χ2n) is 5.32. The number of nitrogens with zero attached hydrogens (tertiary/aromatic N) is 2. The van der Waals surface area contributed by atoms with Crippen LogP contribution in [-0.2, 0) is 6.54 Å². The zero-order valence-electron chi connectivity index (χ0n) is 12.1. The van der Waals surface area contributed by atoms with Crippen molar-refractivity contribution >= 4 is 28.3 Å². The van der Waals surface area contributed by atoms with Crippen LogP contribution in [0.25, 0.3) is 0 Å². The van der Waals surface area contributed by atoms with E-state index in [1.807, 2.05) is 36.4 Å². The fraction of sp³-hybridized carbons (Fsp3) is 0.222. The third-order valence-corrected chi connectivity index (χ3v) is 5.64. The average molecular weight is 324 g/mol. The molecule has 4 heteroatoms. The van der Waals surface area contributed by atoms with Gasteiger partial charge in [0, 0.05) is 13.1 Å². The molecule has 2 atom stereocenters. The molecule has 0 aliphatic carbocycles. The van der Waals surface area contributed by atoms with Crippen molar-refractivity contribution < 1.29 is 0 Å². The summed E-state index contributed by atoms with van der Waals surface area (Å²) in [5.74, 6) is -0.0530. The Morgan fingerprint density at radius 1 is 1.09 bits per heavy atom. The third kappa shape index (κ3) is 3.32. The second kappa shape index (κ2) is 6.95. The molecule has 0 bridgehead atoms. The Bertz CT molecular complexity index is 679. The topological polar surface area (TPSA) is 27.0 Å². The predicted molar refractivity (Wildman–Crippen MR) is 95.3 cm³/mol. The average Bonchev–Trinajstić information content (AvgIpc) is 2.58. The first-order valence-electron chi connectivity index (χ1n) is 7.22. The van der Waals surface area contributed by atoms with E-state index in [2.05, 4.69) is 35.2 Å². The summed E-state index contributed by atoms with van der Waals surface area (Å²) in [6.45, 7) is 1.46. The predicted octanol–water partition coefficient (Wildman–Crippen LogP) is 4.40. The van der Waals surface area contributed by atoms with Crippen LogP contribution >= 0.6 is 24.0 Å². The number of thioether (sulfide) groups is 1. The van der Waals surface area contributed by atoms with Gasteiger partial charge in [0.1, 0.15) is 4.32 Å². The maximum atomic E-state index is 9.56. The maximum Gasteiger partial charge on any atom is 0.137 e. The molecule has 110 valence electrons. The molecule has 1 fully saturated rings. The van der Waals surface area contributed by atoms with Gasteiger partial charge in [0.2, 0.25) is 0 Å². The van der Waals surface area contributed by atoms with Crippen LogP contribution in [0, 0.1) is 17.2 Å². The molecule has 22 heavy (non-hydrogen) atoms. The van der Waals surface area contributed by atoms with Crippen LogP contribution in [0.2, 0.25) is 0 Å². The van der Waals surface area contributed by atoms with Gasteiger partial charge in [-0.1, -0.05) is 84.6 Å². The molecule has 3 rings (SSSR count). The third-order valence-electron chi connectivity index (χ3n) is 3.78. The van der Waals surface area contributed by atoms with E-state index in [1.165, 1.54) is 11.1 Å². The highest BCUT2D eigenvalue weighted by Crippen LogP contribution is 2.42. The number of benzene rings is 2. The first-order chi connectivity index (χ1) is 10.8. The van der Waals surface area contributed by atoms with Gasteiger partial charge < -0.3 is 4.90 Å². The minimum atomic E-state index is -0.0530. The zero-order valence-corrected chi connectivity index (χ0v) is 13.7. The van der Waals surface area contributed by atoms with Crippen molar-refractivity contribution in [3.8, 4) is 6.07 Å². The summed E-state index contributed by atoms with van der Waals surface area (Å²) in [6.07, 6.45) is 0. The van der Waals surface area contributed by atoms with Gasteiger partial charge in [0.05, 0.1) is 17.2 Å². The molecule has 0 saturated carbocycles. The molecule has 0 amide bonds. The van der Waals surface area contributed by atoms with E-state index >= 15 is 0 Å². The first kappa shape index (κ1) is 15.1. The molecule has 2 aromatic rings. The SMILES string of the molecule is N#C[C@@H]1CN(Cc2ccccc2)C(=S)S[C@@H]1c1ccccc1. The quantitative estimate of drug-likeness (QED) is 0.782. The number of nitriles is 1. The van der Waals surface area contributed by atoms with Gasteiger partial charge in [-0.2, -0.15) is 5.26 Å². The van der Waals surface area contributed by atoms with Crippen LogP contribution in [0.15, 0.2) is 60.7 Å². The molecule has 0 aromatic heterocycles. The van der Waals surface area contributed by atoms with Crippen LogP contribution in [0.3, 0.4) is 0 Å². The largest absolute Gasteiger partial charge is 0.352 e. The first-order valence-corrected chi connectivity index (χ1v) is 8.51. The van der Waals surface area contributed by atoms with Crippen molar-refractivity contribution in [2.75, 3.05) is 6.54 Å². The normalized spacial score (nSPS) is 21.4. The van der Waals surface area contributed by atoms with Crippen LogP contribution in [0.1, 0.15) is 16.4 Å². The number of rotatable bonds is 3. The van der Waals surface area contributed by atoms with E-state index < -0.39 is 0 Å². The molecule has 2 nitrogen and oxygen atoms in total. The van der Waals surface area contributed by atoms with Crippen molar-refractivity contribution in [1.82, 2.24) is 4.90 Å². The lowest BCUT2D eigenvalue weighted by atomic mass is 9.99. The zero-order chi connectivity index (χ0) is 15.4. The van der Waals surface area contributed by atoms with Crippen molar-refractivity contribution in [2.24, 2.45) is 5.92 Å². The Morgan fingerprint density at radius 2 is 1.73 bits per heavy atom. The van der Waals surface area contributed by atoms with E-state index in [4.69, 9.17) is 12.2 Å². The highest BCUT2D eigenvalue weighted by atomic mass is 32.2. The van der Waals surface area contributed by atoms with Gasteiger partial charge in [-0.05, 0) is 11.1 Å². The molecule has 0 spiro atoms. The van der Waals surface area contributed by atoms with E-state index in [0.717, 1.165) is 10.9 Å². The van der Waals surface area contributed by atoms with Gasteiger partial charge >= 0.3 is 0 Å². The summed E-state index contributed by atoms with van der Waals surface area (Å²) in [4.78, 5) is 2.14. The van der Waals surface area contributed by atoms with Crippen molar-refractivity contribution in [2.45, 2.75) is 11.8 Å². The highest BCUT2D eigenvalue weighted by Gasteiger charge is 2.33. The van der Waals surface area contributed by atoms with Gasteiger partial charge in [-0.3, -0.25) is 0 Å². The number of hydrogen-bond acceptors (Lipinski definition) is 3. The summed E-state index contributed by atoms with van der Waals surface area (Å²) < 4.78 is 0.879. The fourth-order valence-corrected chi connectivity index (χ4v) is 4.22. The van der Waals surface area contributed by atoms with Gasteiger partial charge in [0.25, 0.3) is 0 Å². The highest BCUT2D eigenvalue weighted by molar-refractivity contribution is 8.23. The summed E-state index contributed by atoms with van der Waals surface area (Å²) in [6, 6.07) is 22.9. The van der Waals surface area contributed by atoms with E-state index in [0.29, 0.717) is 6.54 Å². The molecule has 1 saturated heterocycles. The molecular weight excluding hydrogens is 308 g/mol. The van der Waals surface area contributed by atoms with E-state index in [1.54, 1.807) is 11.8 Å². The van der Waals surface area contributed by atoms with Crippen molar-refractivity contribution in [3.63, 3.8) is 0 Å². The van der Waals surface area contributed by atoms with Gasteiger partial charge in [-0.15, -0.1) is 0 Å². The van der Waals surface area contributed by atoms with Crippen molar-refractivity contribution in [3.05, 3.63) is 71.8 Å². The summed E-state index contributed by atoms with van der Waals surface area (Å²) in [7, 11) is 0. The standard InChI is InChI=1S/C18H16N2S2/c19-11-16-13-20(12-14-7-3-1-4-8-14)18(21)22-17(16)15-9-5-2-6-10-15/h1-10,16-17H,12-13H2/t16-,17-/m1/s1. The van der Waals surface area contributed by atoms with Crippen LogP contribution in [0.5, 0.6) is 0 Å². The molecular formula is C18H16N2S2. The molecule has 0 unspecified atom stereocenters. The molecule has 1 heterocycles. The lowest BCUT2D eigenvalue weighted by molar-refractivity contribution is 0.367. The van der Waals surface area contributed by atoms with Crippen LogP contribution < -0.4 is 0 Å². The van der Waals surface area contributed by atoms with Gasteiger partial charge in [-0.25, -0.2) is 0 Å². The summed E-state index contributed by atoms with van der Waals surface area (Å²) >= 11 is 7.22. The molecule has 1 aliphatic heterocycles. The van der Waals surface area contributed by atoms with Crippen molar-refractivity contribution in [1.29, 1.82) is 5.26 Å². The number of hydrogen-bond donors (Lipinski definition) is 0. The Kier molecular flexibility index (Phi) is 4.77. The monoisotopic (exact) mass is 324 g/mol.